The minimum absolute atomic E-state index is 0. The lowest BCUT2D eigenvalue weighted by molar-refractivity contribution is -0.442. The second-order valence-corrected chi connectivity index (χ2v) is 11.0. The van der Waals surface area contributed by atoms with E-state index in [0.29, 0.717) is 25.0 Å². The number of hydrogen-bond acceptors (Lipinski definition) is 6. The van der Waals surface area contributed by atoms with Gasteiger partial charge in [-0.2, -0.15) is 4.58 Å². The lowest BCUT2D eigenvalue weighted by atomic mass is 9.82. The number of halogens is 2. The first-order chi connectivity index (χ1) is 18.3. The monoisotopic (exact) mass is 682 g/mol. The number of rotatable bonds is 8. The van der Waals surface area contributed by atoms with Gasteiger partial charge >= 0.3 is 5.97 Å². The maximum Gasteiger partial charge on any atom is 0.304 e. The zero-order chi connectivity index (χ0) is 29.4. The number of carboxylic acids is 1. The zero-order valence-corrected chi connectivity index (χ0v) is 27.7. The second kappa shape index (κ2) is 15.3. The van der Waals surface area contributed by atoms with Gasteiger partial charge in [-0.3, -0.25) is 14.6 Å². The number of alkyl halides is 1. The van der Waals surface area contributed by atoms with Gasteiger partial charge in [0.1, 0.15) is 18.1 Å². The summed E-state index contributed by atoms with van der Waals surface area (Å²) in [5, 5.41) is 8.43. The maximum atomic E-state index is 10.3. The molecule has 2 aliphatic rings. The predicted molar refractivity (Wildman–Crippen MR) is 158 cm³/mol. The Morgan fingerprint density at radius 1 is 1.00 bits per heavy atom. The van der Waals surface area contributed by atoms with Crippen LogP contribution in [-0.2, 0) is 25.2 Å². The SMILES string of the molecule is COc1ccc2c(c1)C(C)(C)C(C)=N2.COc1ccc2c(c1)C(C)(C)C(C)=[N+]2CCOC=O.O=C(O)CCBr.[Br-]. The normalized spacial score (nSPS) is 15.1. The van der Waals surface area contributed by atoms with Crippen LogP contribution in [0.25, 0.3) is 0 Å². The Labute approximate surface area is 256 Å². The van der Waals surface area contributed by atoms with Gasteiger partial charge in [0.2, 0.25) is 5.69 Å². The fourth-order valence-corrected chi connectivity index (χ4v) is 4.75. The molecule has 1 N–H and O–H groups in total. The predicted octanol–water partition coefficient (Wildman–Crippen LogP) is 3.20. The Morgan fingerprint density at radius 2 is 1.57 bits per heavy atom. The van der Waals surface area contributed by atoms with Gasteiger partial charge in [0.05, 0.1) is 31.7 Å². The Balaban J connectivity index is 0.000000335. The molecule has 8 nitrogen and oxygen atoms in total. The van der Waals surface area contributed by atoms with Crippen molar-refractivity contribution in [1.82, 2.24) is 0 Å². The van der Waals surface area contributed by atoms with Gasteiger partial charge in [-0.25, -0.2) is 0 Å². The van der Waals surface area contributed by atoms with Gasteiger partial charge < -0.3 is 36.3 Å². The molecular weight excluding hydrogens is 644 g/mol. The summed E-state index contributed by atoms with van der Waals surface area (Å²) >= 11 is 2.97. The van der Waals surface area contributed by atoms with Crippen LogP contribution in [0.3, 0.4) is 0 Å². The summed E-state index contributed by atoms with van der Waals surface area (Å²) in [6.45, 7) is 14.5. The second-order valence-electron chi connectivity index (χ2n) is 10.3. The van der Waals surface area contributed by atoms with Crippen LogP contribution in [0.2, 0.25) is 0 Å². The van der Waals surface area contributed by atoms with Crippen molar-refractivity contribution in [3.8, 4) is 11.5 Å². The summed E-state index contributed by atoms with van der Waals surface area (Å²) in [5.41, 5.74) is 7.18. The molecule has 0 saturated heterocycles. The highest BCUT2D eigenvalue weighted by Crippen LogP contribution is 2.42. The summed E-state index contributed by atoms with van der Waals surface area (Å²) < 4.78 is 17.5. The first kappa shape index (κ1) is 35.3. The van der Waals surface area contributed by atoms with Crippen molar-refractivity contribution in [2.45, 2.75) is 58.8 Å². The molecule has 0 spiro atoms. The van der Waals surface area contributed by atoms with E-state index in [9.17, 15) is 9.59 Å². The van der Waals surface area contributed by atoms with Gasteiger partial charge in [0, 0.05) is 35.0 Å². The molecule has 220 valence electrons. The number of benzene rings is 2. The van der Waals surface area contributed by atoms with E-state index in [1.165, 1.54) is 22.6 Å². The molecule has 0 amide bonds. The summed E-state index contributed by atoms with van der Waals surface area (Å²) in [7, 11) is 3.37. The van der Waals surface area contributed by atoms with E-state index in [4.69, 9.17) is 19.3 Å². The zero-order valence-electron chi connectivity index (χ0n) is 24.5. The van der Waals surface area contributed by atoms with Crippen LogP contribution in [0, 0.1) is 0 Å². The number of methoxy groups -OCH3 is 2. The van der Waals surface area contributed by atoms with E-state index < -0.39 is 5.97 Å². The van der Waals surface area contributed by atoms with Crippen LogP contribution in [0.15, 0.2) is 41.4 Å². The molecule has 0 atom stereocenters. The number of carbonyl (C=O) groups excluding carboxylic acids is 1. The van der Waals surface area contributed by atoms with Gasteiger partial charge in [-0.1, -0.05) is 29.8 Å². The molecule has 2 aromatic rings. The molecule has 4 rings (SSSR count). The number of ether oxygens (including phenoxy) is 3. The van der Waals surface area contributed by atoms with E-state index in [0.717, 1.165) is 22.9 Å². The number of nitrogens with zero attached hydrogens (tertiary/aromatic N) is 2. The van der Waals surface area contributed by atoms with Gasteiger partial charge in [0.25, 0.3) is 6.47 Å². The summed E-state index contributed by atoms with van der Waals surface area (Å²) in [6.07, 6.45) is 0.208. The Hall–Kier alpha value is -2.72. The topological polar surface area (TPSA) is 97.4 Å². The molecule has 0 aromatic heterocycles. The first-order valence-electron chi connectivity index (χ1n) is 12.7. The van der Waals surface area contributed by atoms with E-state index in [-0.39, 0.29) is 34.2 Å². The van der Waals surface area contributed by atoms with Crippen molar-refractivity contribution in [3.63, 3.8) is 0 Å². The Morgan fingerprint density at radius 3 is 2.08 bits per heavy atom. The van der Waals surface area contributed by atoms with Crippen molar-refractivity contribution in [1.29, 1.82) is 0 Å². The summed E-state index contributed by atoms with van der Waals surface area (Å²) in [6, 6.07) is 12.2. The smallest absolute Gasteiger partial charge is 0.304 e. The molecule has 0 radical (unpaired) electrons. The Bertz CT molecular complexity index is 1250. The highest BCUT2D eigenvalue weighted by Gasteiger charge is 2.43. The summed E-state index contributed by atoms with van der Waals surface area (Å²) in [4.78, 5) is 24.4. The molecule has 40 heavy (non-hydrogen) atoms. The molecule has 0 aliphatic carbocycles. The van der Waals surface area contributed by atoms with Crippen LogP contribution in [-0.4, -0.2) is 66.2 Å². The highest BCUT2D eigenvalue weighted by molar-refractivity contribution is 9.09. The van der Waals surface area contributed by atoms with E-state index in [2.05, 4.69) is 85.2 Å². The highest BCUT2D eigenvalue weighted by atomic mass is 79.9. The average molecular weight is 684 g/mol. The standard InChI is InChI=1S/C15H20NO3.C12H15NO.C3H5BrO2.BrH/c1-11-15(2,3)13-9-12(18-4)5-6-14(13)16(11)7-8-19-10-17;1-8-12(2,3)10-7-9(14-4)5-6-11(10)13-8;4-2-1-3(5)6;/h5-6,9-10H,7-8H2,1-4H3;5-7H,1-4H3;1-2H2,(H,5,6);1H/q+1;;;/p-1. The lowest BCUT2D eigenvalue weighted by Gasteiger charge is -2.20. The van der Waals surface area contributed by atoms with E-state index in [1.54, 1.807) is 14.2 Å². The van der Waals surface area contributed by atoms with Gasteiger partial charge in [-0.05, 0) is 56.7 Å². The summed E-state index contributed by atoms with van der Waals surface area (Å²) in [5.74, 6) is 1.01. The van der Waals surface area contributed by atoms with Crippen LogP contribution >= 0.6 is 15.9 Å². The van der Waals surface area contributed by atoms with Gasteiger partial charge in [-0.15, -0.1) is 0 Å². The quantitative estimate of drug-likeness (QED) is 0.199. The molecular formula is C30H40Br2N2O6. The third kappa shape index (κ3) is 8.16. The van der Waals surface area contributed by atoms with Crippen molar-refractivity contribution in [3.05, 3.63) is 47.5 Å². The van der Waals surface area contributed by atoms with Crippen molar-refractivity contribution < 1.29 is 50.5 Å². The van der Waals surface area contributed by atoms with E-state index in [1.807, 2.05) is 18.2 Å². The lowest BCUT2D eigenvalue weighted by Crippen LogP contribution is -3.00. The fourth-order valence-electron chi connectivity index (χ4n) is 4.41. The molecule has 2 aliphatic heterocycles. The third-order valence-electron chi connectivity index (χ3n) is 7.36. The van der Waals surface area contributed by atoms with Crippen molar-refractivity contribution >= 4 is 51.2 Å². The Kier molecular flexibility index (Phi) is 13.5. The molecule has 0 fully saturated rings. The number of carbonyl (C=O) groups is 2. The van der Waals surface area contributed by atoms with Crippen LogP contribution < -0.4 is 26.5 Å². The number of hydrogen-bond donors (Lipinski definition) is 1. The molecule has 0 bridgehead atoms. The number of carboxylic acid groups (broad SMARTS) is 1. The first-order valence-corrected chi connectivity index (χ1v) is 13.8. The number of fused-ring (bicyclic) bond motifs is 2. The van der Waals surface area contributed by atoms with Crippen molar-refractivity contribution in [2.24, 2.45) is 4.99 Å². The number of aliphatic imine (C=N–C) groups is 1. The largest absolute Gasteiger partial charge is 1.00 e. The minimum atomic E-state index is -0.758. The average Bonchev–Trinajstić information content (AvgIpc) is 3.24. The maximum absolute atomic E-state index is 10.3. The third-order valence-corrected chi connectivity index (χ3v) is 7.75. The molecule has 2 aromatic carbocycles. The van der Waals surface area contributed by atoms with E-state index >= 15 is 0 Å². The van der Waals surface area contributed by atoms with Crippen molar-refractivity contribution in [2.75, 3.05) is 32.7 Å². The minimum Gasteiger partial charge on any atom is -1.00 e. The molecule has 2 heterocycles. The number of aliphatic carboxylic acids is 1. The molecule has 10 heteroatoms. The van der Waals surface area contributed by atoms with Crippen LogP contribution in [0.4, 0.5) is 11.4 Å². The van der Waals surface area contributed by atoms with Crippen LogP contribution in [0.1, 0.15) is 59.1 Å². The molecule has 0 saturated carbocycles. The fraction of sp³-hybridized carbons (Fsp3) is 0.467. The van der Waals surface area contributed by atoms with Crippen LogP contribution in [0.5, 0.6) is 11.5 Å². The molecule has 0 unspecified atom stereocenters. The van der Waals surface area contributed by atoms with Gasteiger partial charge in [0.15, 0.2) is 12.3 Å².